The number of aldehydes is 1. The van der Waals surface area contributed by atoms with Crippen LogP contribution in [0.15, 0.2) is 12.1 Å². The van der Waals surface area contributed by atoms with Crippen LogP contribution in [0.1, 0.15) is 108 Å². The maximum atomic E-state index is 12.2. The molecule has 7 heteroatoms. The van der Waals surface area contributed by atoms with E-state index >= 15 is 0 Å². The zero-order valence-corrected chi connectivity index (χ0v) is 23.2. The van der Waals surface area contributed by atoms with Gasteiger partial charge in [0.1, 0.15) is 11.5 Å². The Morgan fingerprint density at radius 2 is 1.47 bits per heavy atom. The molecule has 0 atom stereocenters. The third-order valence-electron chi connectivity index (χ3n) is 5.94. The summed E-state index contributed by atoms with van der Waals surface area (Å²) in [5, 5.41) is 10.3. The van der Waals surface area contributed by atoms with Gasteiger partial charge >= 0.3 is 14.5 Å². The van der Waals surface area contributed by atoms with Gasteiger partial charge in [0.15, 0.2) is 6.29 Å². The van der Waals surface area contributed by atoms with Crippen LogP contribution in [0.2, 0.25) is 12.6 Å². The van der Waals surface area contributed by atoms with E-state index < -0.39 is 8.56 Å². The van der Waals surface area contributed by atoms with Gasteiger partial charge in [-0.25, -0.2) is 0 Å². The quantitative estimate of drug-likeness (QED) is 0.0820. The number of ether oxygens (including phenoxy) is 1. The molecule has 0 heterocycles. The van der Waals surface area contributed by atoms with Crippen LogP contribution in [-0.4, -0.2) is 39.1 Å². The van der Waals surface area contributed by atoms with Crippen molar-refractivity contribution in [3.8, 4) is 11.5 Å². The molecule has 0 amide bonds. The maximum absolute atomic E-state index is 12.2. The summed E-state index contributed by atoms with van der Waals surface area (Å²) in [5.41, 5.74) is 0.346. The molecular weight excluding hydrogens is 448 g/mol. The van der Waals surface area contributed by atoms with Crippen molar-refractivity contribution in [2.45, 2.75) is 110 Å². The number of hydrogen-bond acceptors (Lipinski definition) is 6. The average Bonchev–Trinajstić information content (AvgIpc) is 2.75. The Kier molecular flexibility index (Phi) is 13.7. The molecule has 0 aliphatic rings. The van der Waals surface area contributed by atoms with Gasteiger partial charge in [0, 0.05) is 25.2 Å². The van der Waals surface area contributed by atoms with Gasteiger partial charge < -0.3 is 18.7 Å². The Morgan fingerprint density at radius 3 is 1.97 bits per heavy atom. The van der Waals surface area contributed by atoms with Gasteiger partial charge in [0.05, 0.1) is 5.56 Å². The molecule has 0 aliphatic carbocycles. The number of carbonyl (C=O) groups excluding carboxylic acids is 2. The Hall–Kier alpha value is -1.70. The molecule has 34 heavy (non-hydrogen) atoms. The van der Waals surface area contributed by atoms with Gasteiger partial charge in [-0.15, -0.1) is 0 Å². The minimum atomic E-state index is -1.97. The van der Waals surface area contributed by atoms with Crippen LogP contribution in [0, 0.1) is 0 Å². The normalized spacial score (nSPS) is 12.1. The van der Waals surface area contributed by atoms with Crippen LogP contribution in [-0.2, 0) is 19.1 Å². The molecule has 0 unspecified atom stereocenters. The second-order valence-electron chi connectivity index (χ2n) is 10.1. The standard InChI is InChI=1S/C27H46O6Si/c1-7-31-34(6,32-8-2)18-16-14-12-10-9-11-13-15-17-25(29)33-23-19-22(21-28)26(30)24(20-23)27(3,4)5/h19-21,30H,7-18H2,1-6H3. The predicted molar refractivity (Wildman–Crippen MR) is 139 cm³/mol. The largest absolute Gasteiger partial charge is 0.507 e. The van der Waals surface area contributed by atoms with Crippen LogP contribution in [0.4, 0.5) is 0 Å². The lowest BCUT2D eigenvalue weighted by molar-refractivity contribution is -0.134. The molecule has 1 aromatic carbocycles. The average molecular weight is 495 g/mol. The molecule has 0 fully saturated rings. The van der Waals surface area contributed by atoms with Gasteiger partial charge in [-0.1, -0.05) is 65.7 Å². The van der Waals surface area contributed by atoms with Crippen LogP contribution >= 0.6 is 0 Å². The number of aromatic hydroxyl groups is 1. The Labute approximate surface area is 207 Å². The highest BCUT2D eigenvalue weighted by molar-refractivity contribution is 6.66. The lowest BCUT2D eigenvalue weighted by atomic mass is 9.85. The van der Waals surface area contributed by atoms with E-state index in [-0.39, 0.29) is 22.7 Å². The lowest BCUT2D eigenvalue weighted by Crippen LogP contribution is -2.38. The molecule has 1 aromatic rings. The SMILES string of the molecule is CCO[Si](C)(CCCCCCCCCCC(=O)Oc1cc(C=O)c(O)c(C(C)(C)C)c1)OCC. The molecule has 0 spiro atoms. The fourth-order valence-corrected chi connectivity index (χ4v) is 6.59. The smallest absolute Gasteiger partial charge is 0.334 e. The fraction of sp³-hybridized carbons (Fsp3) is 0.704. The molecule has 1 N–H and O–H groups in total. The van der Waals surface area contributed by atoms with Crippen molar-refractivity contribution < 1.29 is 28.3 Å². The van der Waals surface area contributed by atoms with Crippen molar-refractivity contribution >= 4 is 20.8 Å². The number of esters is 1. The Bertz CT molecular complexity index is 750. The molecular formula is C27H46O6Si. The predicted octanol–water partition coefficient (Wildman–Crippen LogP) is 7.06. The van der Waals surface area contributed by atoms with E-state index in [9.17, 15) is 14.7 Å². The number of phenolic OH excluding ortho intramolecular Hbond substituents is 1. The molecule has 0 aliphatic heterocycles. The number of benzene rings is 1. The minimum Gasteiger partial charge on any atom is -0.507 e. The van der Waals surface area contributed by atoms with Gasteiger partial charge in [-0.2, -0.15) is 0 Å². The molecule has 0 saturated heterocycles. The number of carbonyl (C=O) groups is 2. The van der Waals surface area contributed by atoms with E-state index in [4.69, 9.17) is 13.6 Å². The summed E-state index contributed by atoms with van der Waals surface area (Å²) in [6, 6.07) is 4.13. The monoisotopic (exact) mass is 494 g/mol. The zero-order chi connectivity index (χ0) is 25.6. The van der Waals surface area contributed by atoms with E-state index in [1.54, 1.807) is 6.07 Å². The first-order valence-electron chi connectivity index (χ1n) is 12.9. The summed E-state index contributed by atoms with van der Waals surface area (Å²) >= 11 is 0. The third-order valence-corrected chi connectivity index (χ3v) is 9.00. The molecule has 194 valence electrons. The topological polar surface area (TPSA) is 82.1 Å². The first-order chi connectivity index (χ1) is 16.1. The Balaban J connectivity index is 2.25. The van der Waals surface area contributed by atoms with E-state index in [1.165, 1.54) is 31.7 Å². The van der Waals surface area contributed by atoms with Crippen molar-refractivity contribution in [1.82, 2.24) is 0 Å². The van der Waals surface area contributed by atoms with Crippen molar-refractivity contribution in [2.24, 2.45) is 0 Å². The summed E-state index contributed by atoms with van der Waals surface area (Å²) in [7, 11) is -1.97. The molecule has 0 radical (unpaired) electrons. The van der Waals surface area contributed by atoms with Crippen molar-refractivity contribution in [3.63, 3.8) is 0 Å². The summed E-state index contributed by atoms with van der Waals surface area (Å²) in [6.45, 7) is 13.5. The van der Waals surface area contributed by atoms with Crippen LogP contribution in [0.25, 0.3) is 0 Å². The number of phenols is 1. The van der Waals surface area contributed by atoms with Gasteiger partial charge in [-0.3, -0.25) is 9.59 Å². The third kappa shape index (κ3) is 11.1. The van der Waals surface area contributed by atoms with E-state index in [0.717, 1.165) is 44.9 Å². The van der Waals surface area contributed by atoms with Gasteiger partial charge in [0.2, 0.25) is 0 Å². The highest BCUT2D eigenvalue weighted by atomic mass is 28.4. The Morgan fingerprint density at radius 1 is 0.941 bits per heavy atom. The van der Waals surface area contributed by atoms with Crippen molar-refractivity contribution in [2.75, 3.05) is 13.2 Å². The van der Waals surface area contributed by atoms with Gasteiger partial charge in [0.25, 0.3) is 0 Å². The maximum Gasteiger partial charge on any atom is 0.334 e. The van der Waals surface area contributed by atoms with E-state index in [0.29, 0.717) is 24.0 Å². The lowest BCUT2D eigenvalue weighted by Gasteiger charge is -2.25. The first-order valence-corrected chi connectivity index (χ1v) is 15.4. The van der Waals surface area contributed by atoms with Gasteiger partial charge in [-0.05, 0) is 50.4 Å². The first kappa shape index (κ1) is 30.3. The fourth-order valence-electron chi connectivity index (χ4n) is 4.11. The van der Waals surface area contributed by atoms with E-state index in [1.807, 2.05) is 34.6 Å². The summed E-state index contributed by atoms with van der Waals surface area (Å²) in [4.78, 5) is 23.5. The number of hydrogen-bond donors (Lipinski definition) is 1. The molecule has 6 nitrogen and oxygen atoms in total. The van der Waals surface area contributed by atoms with Crippen molar-refractivity contribution in [3.05, 3.63) is 23.3 Å². The zero-order valence-electron chi connectivity index (χ0n) is 22.2. The van der Waals surface area contributed by atoms with Crippen LogP contribution < -0.4 is 4.74 Å². The van der Waals surface area contributed by atoms with Crippen molar-refractivity contribution in [1.29, 1.82) is 0 Å². The van der Waals surface area contributed by atoms with Crippen LogP contribution in [0.5, 0.6) is 11.5 Å². The molecule has 0 aromatic heterocycles. The van der Waals surface area contributed by atoms with E-state index in [2.05, 4.69) is 6.55 Å². The molecule has 0 bridgehead atoms. The minimum absolute atomic E-state index is 0.0537. The number of unbranched alkanes of at least 4 members (excludes halogenated alkanes) is 7. The molecule has 1 rings (SSSR count). The second-order valence-corrected chi connectivity index (χ2v) is 13.4. The number of rotatable bonds is 17. The highest BCUT2D eigenvalue weighted by Gasteiger charge is 2.29. The summed E-state index contributed by atoms with van der Waals surface area (Å²) in [5.74, 6) is -0.0529. The summed E-state index contributed by atoms with van der Waals surface area (Å²) < 4.78 is 17.2. The van der Waals surface area contributed by atoms with Crippen LogP contribution in [0.3, 0.4) is 0 Å². The summed E-state index contributed by atoms with van der Waals surface area (Å²) in [6.07, 6.45) is 9.81. The highest BCUT2D eigenvalue weighted by Crippen LogP contribution is 2.36. The second kappa shape index (κ2) is 15.3. The molecule has 0 saturated carbocycles.